The van der Waals surface area contributed by atoms with Crippen LogP contribution in [0.4, 0.5) is 0 Å². The number of rotatable bonds is 18. The maximum atomic E-state index is 12.2. The van der Waals surface area contributed by atoms with Gasteiger partial charge in [-0.3, -0.25) is 9.59 Å². The smallest absolute Gasteiger partial charge is 0.325 e. The zero-order valence-electron chi connectivity index (χ0n) is 19.4. The highest BCUT2D eigenvalue weighted by molar-refractivity contribution is 5.83. The molecule has 1 aliphatic carbocycles. The Hall–Kier alpha value is -1.06. The van der Waals surface area contributed by atoms with Gasteiger partial charge in [-0.25, -0.2) is 0 Å². The summed E-state index contributed by atoms with van der Waals surface area (Å²) in [6.07, 6.45) is 22.7. The molecule has 29 heavy (non-hydrogen) atoms. The molecule has 1 fully saturated rings. The predicted octanol–water partition coefficient (Wildman–Crippen LogP) is 6.66. The number of hydrogen-bond donors (Lipinski definition) is 0. The lowest BCUT2D eigenvalue weighted by molar-refractivity contribution is -0.149. The van der Waals surface area contributed by atoms with Crippen LogP contribution < -0.4 is 0 Å². The Morgan fingerprint density at radius 2 is 1.21 bits per heavy atom. The molecule has 0 heterocycles. The number of unbranched alkanes of at least 4 members (excludes halogenated alkanes) is 13. The Labute approximate surface area is 180 Å². The van der Waals surface area contributed by atoms with Crippen LogP contribution in [0.2, 0.25) is 0 Å². The van der Waals surface area contributed by atoms with Crippen LogP contribution in [0.15, 0.2) is 0 Å². The molecule has 0 saturated heterocycles. The van der Waals surface area contributed by atoms with Crippen LogP contribution in [-0.2, 0) is 14.3 Å². The number of amides is 1. The highest BCUT2D eigenvalue weighted by Crippen LogP contribution is 2.26. The SMILES string of the molecule is CCCCCCCCCCCCCCCCOC(=O)CN(C)C(=O)C1CCCC1. The maximum absolute atomic E-state index is 12.2. The van der Waals surface area contributed by atoms with Gasteiger partial charge in [0.1, 0.15) is 6.54 Å². The summed E-state index contributed by atoms with van der Waals surface area (Å²) in [6, 6.07) is 0. The van der Waals surface area contributed by atoms with Crippen molar-refractivity contribution in [2.75, 3.05) is 20.2 Å². The van der Waals surface area contributed by atoms with E-state index in [9.17, 15) is 9.59 Å². The van der Waals surface area contributed by atoms with E-state index in [2.05, 4.69) is 6.92 Å². The summed E-state index contributed by atoms with van der Waals surface area (Å²) in [6.45, 7) is 2.85. The first-order chi connectivity index (χ1) is 14.1. The van der Waals surface area contributed by atoms with E-state index >= 15 is 0 Å². The van der Waals surface area contributed by atoms with Crippen molar-refractivity contribution < 1.29 is 14.3 Å². The molecule has 1 rings (SSSR count). The van der Waals surface area contributed by atoms with Crippen LogP contribution in [0.3, 0.4) is 0 Å². The third kappa shape index (κ3) is 13.7. The lowest BCUT2D eigenvalue weighted by Gasteiger charge is -2.19. The zero-order valence-corrected chi connectivity index (χ0v) is 19.4. The van der Waals surface area contributed by atoms with E-state index in [4.69, 9.17) is 4.74 Å². The summed E-state index contributed by atoms with van der Waals surface area (Å²) < 4.78 is 5.30. The van der Waals surface area contributed by atoms with Gasteiger partial charge in [0.25, 0.3) is 0 Å². The van der Waals surface area contributed by atoms with Crippen molar-refractivity contribution in [3.63, 3.8) is 0 Å². The monoisotopic (exact) mass is 409 g/mol. The second-order valence-corrected chi connectivity index (χ2v) is 8.99. The molecule has 1 saturated carbocycles. The van der Waals surface area contributed by atoms with Gasteiger partial charge in [0.2, 0.25) is 5.91 Å². The lowest BCUT2D eigenvalue weighted by atomic mass is 10.0. The van der Waals surface area contributed by atoms with Gasteiger partial charge in [0.05, 0.1) is 6.61 Å². The van der Waals surface area contributed by atoms with Gasteiger partial charge in [-0.2, -0.15) is 0 Å². The normalized spacial score (nSPS) is 14.3. The summed E-state index contributed by atoms with van der Waals surface area (Å²) >= 11 is 0. The second-order valence-electron chi connectivity index (χ2n) is 8.99. The molecule has 0 aromatic carbocycles. The van der Waals surface area contributed by atoms with Gasteiger partial charge >= 0.3 is 5.97 Å². The number of carbonyl (C=O) groups is 2. The predicted molar refractivity (Wildman–Crippen MR) is 121 cm³/mol. The molecule has 1 aliphatic rings. The fourth-order valence-corrected chi connectivity index (χ4v) is 4.28. The number of ether oxygens (including phenoxy) is 1. The Kier molecular flexibility index (Phi) is 15.9. The molecule has 0 aromatic rings. The molecule has 1 amide bonds. The summed E-state index contributed by atoms with van der Waals surface area (Å²) in [5.74, 6) is -0.0388. The second kappa shape index (κ2) is 17.8. The molecular formula is C25H47NO3. The molecule has 4 nitrogen and oxygen atoms in total. The lowest BCUT2D eigenvalue weighted by Crippen LogP contribution is -2.36. The molecule has 0 N–H and O–H groups in total. The Balaban J connectivity index is 1.83. The van der Waals surface area contributed by atoms with Crippen LogP contribution in [-0.4, -0.2) is 37.0 Å². The van der Waals surface area contributed by atoms with Crippen LogP contribution in [0.25, 0.3) is 0 Å². The minimum absolute atomic E-state index is 0.0912. The molecule has 0 unspecified atom stereocenters. The van der Waals surface area contributed by atoms with Gasteiger partial charge in [-0.1, -0.05) is 103 Å². The van der Waals surface area contributed by atoms with Crippen molar-refractivity contribution in [3.05, 3.63) is 0 Å². The standard InChI is InChI=1S/C25H47NO3/c1-3-4-5-6-7-8-9-10-11-12-13-14-15-18-21-29-24(27)22-26(2)25(28)23-19-16-17-20-23/h23H,3-22H2,1-2H3. The van der Waals surface area contributed by atoms with Gasteiger partial charge in [0.15, 0.2) is 0 Å². The van der Waals surface area contributed by atoms with E-state index in [1.807, 2.05) is 0 Å². The number of carbonyl (C=O) groups excluding carboxylic acids is 2. The molecule has 4 heteroatoms. The van der Waals surface area contributed by atoms with Crippen molar-refractivity contribution in [1.29, 1.82) is 0 Å². The van der Waals surface area contributed by atoms with Crippen molar-refractivity contribution in [2.24, 2.45) is 5.92 Å². The van der Waals surface area contributed by atoms with E-state index in [-0.39, 0.29) is 24.3 Å². The summed E-state index contributed by atoms with van der Waals surface area (Å²) in [5.41, 5.74) is 0. The summed E-state index contributed by atoms with van der Waals surface area (Å²) in [4.78, 5) is 25.6. The van der Waals surface area contributed by atoms with Crippen LogP contribution in [0.1, 0.15) is 122 Å². The van der Waals surface area contributed by atoms with Crippen LogP contribution in [0.5, 0.6) is 0 Å². The third-order valence-electron chi connectivity index (χ3n) is 6.21. The quantitative estimate of drug-likeness (QED) is 0.188. The van der Waals surface area contributed by atoms with Crippen molar-refractivity contribution in [2.45, 2.75) is 122 Å². The van der Waals surface area contributed by atoms with Gasteiger partial charge in [0, 0.05) is 13.0 Å². The molecule has 0 atom stereocenters. The molecular weight excluding hydrogens is 362 g/mol. The fraction of sp³-hybridized carbons (Fsp3) is 0.920. The zero-order chi connectivity index (χ0) is 21.2. The first-order valence-electron chi connectivity index (χ1n) is 12.6. The Morgan fingerprint density at radius 1 is 0.759 bits per heavy atom. The van der Waals surface area contributed by atoms with Gasteiger partial charge in [-0.15, -0.1) is 0 Å². The minimum Gasteiger partial charge on any atom is -0.464 e. The Morgan fingerprint density at radius 3 is 1.69 bits per heavy atom. The first-order valence-corrected chi connectivity index (χ1v) is 12.6. The first kappa shape index (κ1) is 26.0. The molecule has 0 aliphatic heterocycles. The topological polar surface area (TPSA) is 46.6 Å². The number of likely N-dealkylation sites (N-methyl/N-ethyl adjacent to an activating group) is 1. The average Bonchev–Trinajstić information content (AvgIpc) is 3.25. The van der Waals surface area contributed by atoms with E-state index in [0.717, 1.165) is 38.5 Å². The average molecular weight is 410 g/mol. The molecule has 0 bridgehead atoms. The van der Waals surface area contributed by atoms with E-state index in [1.165, 1.54) is 77.0 Å². The number of hydrogen-bond acceptors (Lipinski definition) is 3. The number of esters is 1. The van der Waals surface area contributed by atoms with Crippen molar-refractivity contribution in [1.82, 2.24) is 4.90 Å². The third-order valence-corrected chi connectivity index (χ3v) is 6.21. The highest BCUT2D eigenvalue weighted by Gasteiger charge is 2.26. The van der Waals surface area contributed by atoms with E-state index in [1.54, 1.807) is 11.9 Å². The molecule has 170 valence electrons. The highest BCUT2D eigenvalue weighted by atomic mass is 16.5. The minimum atomic E-state index is -0.270. The number of nitrogens with zero attached hydrogens (tertiary/aromatic N) is 1. The van der Waals surface area contributed by atoms with Gasteiger partial charge in [-0.05, 0) is 19.3 Å². The van der Waals surface area contributed by atoms with Crippen LogP contribution >= 0.6 is 0 Å². The van der Waals surface area contributed by atoms with Gasteiger partial charge < -0.3 is 9.64 Å². The largest absolute Gasteiger partial charge is 0.464 e. The summed E-state index contributed by atoms with van der Waals surface area (Å²) in [7, 11) is 1.72. The van der Waals surface area contributed by atoms with Crippen molar-refractivity contribution >= 4 is 11.9 Å². The molecule has 0 aromatic heterocycles. The Bertz CT molecular complexity index is 418. The molecule has 0 radical (unpaired) electrons. The molecule has 0 spiro atoms. The maximum Gasteiger partial charge on any atom is 0.325 e. The fourth-order valence-electron chi connectivity index (χ4n) is 4.28. The van der Waals surface area contributed by atoms with Crippen LogP contribution in [0, 0.1) is 5.92 Å². The van der Waals surface area contributed by atoms with E-state index < -0.39 is 0 Å². The van der Waals surface area contributed by atoms with Crippen molar-refractivity contribution in [3.8, 4) is 0 Å². The summed E-state index contributed by atoms with van der Waals surface area (Å²) in [5, 5.41) is 0. The van der Waals surface area contributed by atoms with E-state index in [0.29, 0.717) is 6.61 Å².